The van der Waals surface area contributed by atoms with Gasteiger partial charge in [-0.2, -0.15) is 0 Å². The minimum absolute atomic E-state index is 0.239. The van der Waals surface area contributed by atoms with E-state index in [-0.39, 0.29) is 18.9 Å². The Morgan fingerprint density at radius 1 is 0.368 bits per heavy atom. The van der Waals surface area contributed by atoms with E-state index < -0.39 is 86.8 Å². The number of aliphatic hydroxyl groups excluding tert-OH is 8. The molecule has 2 fully saturated rings. The summed E-state index contributed by atoms with van der Waals surface area (Å²) in [6, 6.07) is -0.930. The number of aliphatic hydroxyl groups is 8. The summed E-state index contributed by atoms with van der Waals surface area (Å²) in [4.78, 5) is 13.4. The topological polar surface area (TPSA) is 228 Å². The van der Waals surface area contributed by atoms with Crippen LogP contribution in [0.15, 0.2) is 24.3 Å². The van der Waals surface area contributed by atoms with E-state index in [2.05, 4.69) is 31.3 Å². The van der Waals surface area contributed by atoms with Crippen molar-refractivity contribution in [3.05, 3.63) is 24.3 Å². The smallest absolute Gasteiger partial charge is 0.220 e. The van der Waals surface area contributed by atoms with Crippen molar-refractivity contribution in [2.45, 2.75) is 466 Å². The van der Waals surface area contributed by atoms with Crippen molar-refractivity contribution in [2.24, 2.45) is 0 Å². The molecule has 562 valence electrons. The van der Waals surface area contributed by atoms with Crippen LogP contribution < -0.4 is 5.32 Å². The zero-order valence-electron chi connectivity index (χ0n) is 61.7. The quantitative estimate of drug-likeness (QED) is 0.0204. The molecule has 95 heavy (non-hydrogen) atoms. The summed E-state index contributed by atoms with van der Waals surface area (Å²) in [5, 5.41) is 87.6. The van der Waals surface area contributed by atoms with Crippen molar-refractivity contribution in [1.82, 2.24) is 5.32 Å². The predicted molar refractivity (Wildman–Crippen MR) is 392 cm³/mol. The average molecular weight is 1350 g/mol. The SMILES string of the molecule is CCCCCCCCCCCCCCCCCCCCC/C=C/CC/C=C/C(O)C(COC1OC(CO)C(OC2OC(CO)C(O)C(O)C2O)C(O)C1O)NC(=O)CCCCCCCCCCCCCCCCCCCCCCCCCCCCCCCCCCCCCC. The second-order valence-electron chi connectivity index (χ2n) is 29.3. The van der Waals surface area contributed by atoms with E-state index >= 15 is 0 Å². The summed E-state index contributed by atoms with van der Waals surface area (Å²) in [6.45, 7) is 2.86. The fourth-order valence-corrected chi connectivity index (χ4v) is 13.9. The van der Waals surface area contributed by atoms with Crippen LogP contribution in [-0.2, 0) is 23.7 Å². The molecular weight excluding hydrogens is 1190 g/mol. The molecule has 14 heteroatoms. The minimum Gasteiger partial charge on any atom is -0.394 e. The Balaban J connectivity index is 1.59. The predicted octanol–water partition coefficient (Wildman–Crippen LogP) is 18.6. The molecule has 2 aliphatic heterocycles. The van der Waals surface area contributed by atoms with Gasteiger partial charge in [-0.15, -0.1) is 0 Å². The molecular formula is C81H155NO13. The number of allylic oxidation sites excluding steroid dienone is 3. The van der Waals surface area contributed by atoms with Crippen LogP contribution in [0.5, 0.6) is 0 Å². The van der Waals surface area contributed by atoms with Crippen LogP contribution in [-0.4, -0.2) is 140 Å². The first-order chi connectivity index (χ1) is 46.6. The van der Waals surface area contributed by atoms with Crippen molar-refractivity contribution >= 4 is 5.91 Å². The molecule has 2 saturated heterocycles. The molecule has 0 aromatic rings. The van der Waals surface area contributed by atoms with E-state index in [1.165, 1.54) is 327 Å². The molecule has 0 bridgehead atoms. The molecule has 0 aromatic carbocycles. The van der Waals surface area contributed by atoms with Gasteiger partial charge >= 0.3 is 0 Å². The highest BCUT2D eigenvalue weighted by Gasteiger charge is 2.51. The van der Waals surface area contributed by atoms with Crippen LogP contribution in [0.3, 0.4) is 0 Å². The average Bonchev–Trinajstić information content (AvgIpc) is 0.811. The Morgan fingerprint density at radius 2 is 0.674 bits per heavy atom. The van der Waals surface area contributed by atoms with Gasteiger partial charge in [-0.05, 0) is 32.1 Å². The number of nitrogens with one attached hydrogen (secondary N) is 1. The molecule has 0 aliphatic carbocycles. The second-order valence-corrected chi connectivity index (χ2v) is 29.3. The molecule has 0 radical (unpaired) electrons. The Hall–Kier alpha value is -1.53. The van der Waals surface area contributed by atoms with Gasteiger partial charge in [-0.25, -0.2) is 0 Å². The lowest BCUT2D eigenvalue weighted by Gasteiger charge is -2.46. The van der Waals surface area contributed by atoms with Gasteiger partial charge < -0.3 is 65.1 Å². The van der Waals surface area contributed by atoms with Crippen molar-refractivity contribution in [3.63, 3.8) is 0 Å². The van der Waals surface area contributed by atoms with Crippen LogP contribution in [0.25, 0.3) is 0 Å². The number of unbranched alkanes of at least 4 members (excludes halogenated alkanes) is 55. The highest BCUT2D eigenvalue weighted by molar-refractivity contribution is 5.76. The maximum absolute atomic E-state index is 13.4. The number of carbonyl (C=O) groups is 1. The first-order valence-corrected chi connectivity index (χ1v) is 41.1. The maximum Gasteiger partial charge on any atom is 0.220 e. The van der Waals surface area contributed by atoms with Crippen molar-refractivity contribution in [2.75, 3.05) is 19.8 Å². The first-order valence-electron chi connectivity index (χ1n) is 41.1. The zero-order chi connectivity index (χ0) is 68.7. The Kier molecular flexibility index (Phi) is 62.0. The summed E-state index contributed by atoms with van der Waals surface area (Å²) in [7, 11) is 0. The van der Waals surface area contributed by atoms with Crippen molar-refractivity contribution in [1.29, 1.82) is 0 Å². The molecule has 0 spiro atoms. The lowest BCUT2D eigenvalue weighted by atomic mass is 9.97. The van der Waals surface area contributed by atoms with Gasteiger partial charge in [-0.1, -0.05) is 378 Å². The second kappa shape index (κ2) is 65.8. The summed E-state index contributed by atoms with van der Waals surface area (Å²) in [5.74, 6) is -0.239. The van der Waals surface area contributed by atoms with Gasteiger partial charge in [0.2, 0.25) is 5.91 Å². The van der Waals surface area contributed by atoms with Crippen LogP contribution in [0, 0.1) is 0 Å². The third-order valence-corrected chi connectivity index (χ3v) is 20.4. The minimum atomic E-state index is -1.79. The molecule has 2 heterocycles. The molecule has 9 N–H and O–H groups in total. The molecule has 0 saturated carbocycles. The van der Waals surface area contributed by atoms with Crippen LogP contribution in [0.2, 0.25) is 0 Å². The van der Waals surface area contributed by atoms with E-state index in [0.29, 0.717) is 12.8 Å². The highest BCUT2D eigenvalue weighted by atomic mass is 16.7. The monoisotopic (exact) mass is 1350 g/mol. The van der Waals surface area contributed by atoms with E-state index in [4.69, 9.17) is 18.9 Å². The molecule has 12 unspecified atom stereocenters. The van der Waals surface area contributed by atoms with Crippen molar-refractivity contribution < 1.29 is 64.6 Å². The number of carbonyl (C=O) groups excluding carboxylic acids is 1. The summed E-state index contributed by atoms with van der Waals surface area (Å²) >= 11 is 0. The summed E-state index contributed by atoms with van der Waals surface area (Å²) in [6.07, 6.45) is 68.6. The molecule has 2 aliphatic rings. The largest absolute Gasteiger partial charge is 0.394 e. The highest BCUT2D eigenvalue weighted by Crippen LogP contribution is 2.30. The third kappa shape index (κ3) is 48.9. The normalized spacial score (nSPS) is 22.4. The molecule has 2 rings (SSSR count). The van der Waals surface area contributed by atoms with E-state index in [1.807, 2.05) is 6.08 Å². The van der Waals surface area contributed by atoms with Gasteiger partial charge in [0.25, 0.3) is 0 Å². The van der Waals surface area contributed by atoms with Crippen LogP contribution in [0.4, 0.5) is 0 Å². The van der Waals surface area contributed by atoms with E-state index in [9.17, 15) is 45.6 Å². The number of ether oxygens (including phenoxy) is 4. The van der Waals surface area contributed by atoms with Crippen LogP contribution in [0.1, 0.15) is 393 Å². The molecule has 14 nitrogen and oxygen atoms in total. The summed E-state index contributed by atoms with van der Waals surface area (Å²) < 4.78 is 22.9. The fourth-order valence-electron chi connectivity index (χ4n) is 13.9. The Morgan fingerprint density at radius 3 is 1.03 bits per heavy atom. The van der Waals surface area contributed by atoms with Crippen LogP contribution >= 0.6 is 0 Å². The van der Waals surface area contributed by atoms with Gasteiger partial charge in [0.05, 0.1) is 32.0 Å². The van der Waals surface area contributed by atoms with Gasteiger partial charge in [0.1, 0.15) is 48.8 Å². The molecule has 12 atom stereocenters. The lowest BCUT2D eigenvalue weighted by molar-refractivity contribution is -0.359. The standard InChI is InChI=1S/C81H155NO13/c1-3-5-7-9-11-13-15-17-19-21-23-25-27-29-30-31-32-33-34-35-36-37-38-39-41-43-45-47-49-51-53-55-57-59-61-63-65-73(86)82-69(68-92-80-78(91)76(89)79(72(67-84)94-80)95-81-77(90)75(88)74(87)71(66-83)93-81)70(85)64-62-60-58-56-54-52-50-48-46-44-42-40-28-26-24-22-20-18-16-14-12-10-8-6-4-2/h54,56,62,64,69-72,74-81,83-85,87-91H,3-53,55,57-61,63,65-68H2,1-2H3,(H,82,86)/b56-54+,64-62+. The van der Waals surface area contributed by atoms with Gasteiger partial charge in [0, 0.05) is 6.42 Å². The third-order valence-electron chi connectivity index (χ3n) is 20.4. The van der Waals surface area contributed by atoms with E-state index in [1.54, 1.807) is 6.08 Å². The number of hydrogen-bond acceptors (Lipinski definition) is 13. The Bertz CT molecular complexity index is 1690. The molecule has 0 aromatic heterocycles. The van der Waals surface area contributed by atoms with Gasteiger partial charge in [-0.3, -0.25) is 4.79 Å². The fraction of sp³-hybridized carbons (Fsp3) is 0.938. The zero-order valence-corrected chi connectivity index (χ0v) is 61.7. The summed E-state index contributed by atoms with van der Waals surface area (Å²) in [5.41, 5.74) is 0. The Labute approximate surface area is 583 Å². The lowest BCUT2D eigenvalue weighted by Crippen LogP contribution is -2.65. The van der Waals surface area contributed by atoms with Gasteiger partial charge in [0.15, 0.2) is 12.6 Å². The van der Waals surface area contributed by atoms with Crippen molar-refractivity contribution in [3.8, 4) is 0 Å². The first kappa shape index (κ1) is 89.6. The maximum atomic E-state index is 13.4. The molecule has 1 amide bonds. The number of rotatable bonds is 70. The number of hydrogen-bond donors (Lipinski definition) is 9. The van der Waals surface area contributed by atoms with E-state index in [0.717, 1.165) is 32.1 Å². The number of amides is 1.